The molecule has 0 radical (unpaired) electrons. The zero-order valence-corrected chi connectivity index (χ0v) is 14.1. The number of aliphatic imine (C=N–C) groups is 1. The monoisotopic (exact) mass is 312 g/mol. The van der Waals surface area contributed by atoms with E-state index >= 15 is 0 Å². The molecule has 21 heavy (non-hydrogen) atoms. The number of aryl methyl sites for hydroxylation is 1. The van der Waals surface area contributed by atoms with Crippen LogP contribution in [0.15, 0.2) is 17.1 Å². The third-order valence-electron chi connectivity index (χ3n) is 2.97. The molecular weight excluding hydrogens is 288 g/mol. The number of benzene rings is 1. The third kappa shape index (κ3) is 5.47. The second-order valence-electron chi connectivity index (χ2n) is 4.69. The Morgan fingerprint density at radius 1 is 1.24 bits per heavy atom. The van der Waals surface area contributed by atoms with Crippen LogP contribution in [-0.2, 0) is 10.5 Å². The molecule has 5 nitrogen and oxygen atoms in total. The van der Waals surface area contributed by atoms with Gasteiger partial charge in [0.2, 0.25) is 0 Å². The lowest BCUT2D eigenvalue weighted by Crippen LogP contribution is -2.15. The number of hydrogen-bond donors (Lipinski definition) is 1. The number of rotatable bonds is 7. The van der Waals surface area contributed by atoms with E-state index in [9.17, 15) is 0 Å². The Morgan fingerprint density at radius 3 is 2.43 bits per heavy atom. The highest BCUT2D eigenvalue weighted by atomic mass is 32.2. The molecule has 0 aromatic heterocycles. The minimum atomic E-state index is 0.0639. The van der Waals surface area contributed by atoms with Crippen LogP contribution in [-0.4, -0.2) is 39.1 Å². The molecule has 1 aromatic carbocycles. The summed E-state index contributed by atoms with van der Waals surface area (Å²) in [4.78, 5) is 4.36. The maximum atomic E-state index is 5.93. The van der Waals surface area contributed by atoms with Crippen molar-refractivity contribution in [1.29, 1.82) is 0 Å². The molecule has 118 valence electrons. The highest BCUT2D eigenvalue weighted by Gasteiger charge is 2.09. The number of nitrogens with zero attached hydrogens (tertiary/aromatic N) is 1. The number of nitrogens with two attached hydrogens (primary N) is 1. The first kappa shape index (κ1) is 17.7. The largest absolute Gasteiger partial charge is 0.493 e. The first-order valence-corrected chi connectivity index (χ1v) is 7.66. The van der Waals surface area contributed by atoms with Crippen molar-refractivity contribution in [3.05, 3.63) is 23.3 Å². The molecule has 0 bridgehead atoms. The first-order valence-electron chi connectivity index (χ1n) is 6.68. The summed E-state index contributed by atoms with van der Waals surface area (Å²) in [6.07, 6.45) is 0. The molecule has 0 aliphatic heterocycles. The molecule has 6 heteroatoms. The SMILES string of the molecule is COC[C@@H](C)N=C(N)SCc1cc(OC)c(OC)cc1C. The lowest BCUT2D eigenvalue weighted by atomic mass is 10.1. The van der Waals surface area contributed by atoms with E-state index in [4.69, 9.17) is 19.9 Å². The van der Waals surface area contributed by atoms with Crippen molar-refractivity contribution in [1.82, 2.24) is 0 Å². The number of methoxy groups -OCH3 is 3. The van der Waals surface area contributed by atoms with E-state index in [1.807, 2.05) is 26.0 Å². The molecule has 0 saturated carbocycles. The molecule has 0 spiro atoms. The number of ether oxygens (including phenoxy) is 3. The average molecular weight is 312 g/mol. The van der Waals surface area contributed by atoms with Crippen molar-refractivity contribution in [3.8, 4) is 11.5 Å². The standard InChI is InChI=1S/C15H24N2O3S/c1-10-6-13(19-4)14(20-5)7-12(10)9-21-15(16)17-11(2)8-18-3/h6-7,11H,8-9H2,1-5H3,(H2,16,17)/t11-/m1/s1. The van der Waals surface area contributed by atoms with Gasteiger partial charge in [-0.25, -0.2) is 0 Å². The van der Waals surface area contributed by atoms with Gasteiger partial charge in [0, 0.05) is 12.9 Å². The van der Waals surface area contributed by atoms with Crippen LogP contribution in [0.2, 0.25) is 0 Å². The summed E-state index contributed by atoms with van der Waals surface area (Å²) in [5.41, 5.74) is 8.22. The molecule has 0 fully saturated rings. The van der Waals surface area contributed by atoms with Gasteiger partial charge in [0.05, 0.1) is 26.9 Å². The molecule has 0 aliphatic rings. The van der Waals surface area contributed by atoms with Gasteiger partial charge >= 0.3 is 0 Å². The van der Waals surface area contributed by atoms with Crippen LogP contribution in [0, 0.1) is 6.92 Å². The van der Waals surface area contributed by atoms with Gasteiger partial charge in [0.1, 0.15) is 0 Å². The van der Waals surface area contributed by atoms with Crippen molar-refractivity contribution < 1.29 is 14.2 Å². The molecule has 0 aliphatic carbocycles. The molecule has 0 amide bonds. The van der Waals surface area contributed by atoms with Gasteiger partial charge in [-0.15, -0.1) is 0 Å². The van der Waals surface area contributed by atoms with E-state index in [1.165, 1.54) is 11.8 Å². The highest BCUT2D eigenvalue weighted by molar-refractivity contribution is 8.13. The van der Waals surface area contributed by atoms with Gasteiger partial charge in [-0.3, -0.25) is 4.99 Å². The fourth-order valence-electron chi connectivity index (χ4n) is 1.86. The number of amidine groups is 1. The van der Waals surface area contributed by atoms with E-state index in [1.54, 1.807) is 21.3 Å². The Hall–Kier alpha value is -1.40. The van der Waals surface area contributed by atoms with Crippen LogP contribution in [0.4, 0.5) is 0 Å². The van der Waals surface area contributed by atoms with Crippen molar-refractivity contribution in [2.45, 2.75) is 25.6 Å². The lowest BCUT2D eigenvalue weighted by Gasteiger charge is -2.13. The van der Waals surface area contributed by atoms with E-state index in [2.05, 4.69) is 4.99 Å². The summed E-state index contributed by atoms with van der Waals surface area (Å²) >= 11 is 1.51. The molecule has 1 atom stereocenters. The Balaban J connectivity index is 2.75. The van der Waals surface area contributed by atoms with Crippen molar-refractivity contribution in [2.75, 3.05) is 27.9 Å². The van der Waals surface area contributed by atoms with Gasteiger partial charge in [-0.2, -0.15) is 0 Å². The third-order valence-corrected chi connectivity index (χ3v) is 3.83. The van der Waals surface area contributed by atoms with Gasteiger partial charge in [0.25, 0.3) is 0 Å². The number of hydrogen-bond acceptors (Lipinski definition) is 5. The Kier molecular flexibility index (Phi) is 7.39. The fraction of sp³-hybridized carbons (Fsp3) is 0.533. The summed E-state index contributed by atoms with van der Waals surface area (Å²) in [6, 6.07) is 4.01. The van der Waals surface area contributed by atoms with E-state index in [0.29, 0.717) is 11.8 Å². The quantitative estimate of drug-likeness (QED) is 0.619. The minimum absolute atomic E-state index is 0.0639. The second-order valence-corrected chi connectivity index (χ2v) is 5.69. The summed E-state index contributed by atoms with van der Waals surface area (Å²) < 4.78 is 15.6. The molecule has 2 N–H and O–H groups in total. The van der Waals surface area contributed by atoms with Crippen LogP contribution in [0.1, 0.15) is 18.1 Å². The first-order chi connectivity index (χ1) is 10.0. The number of thioether (sulfide) groups is 1. The molecule has 1 rings (SSSR count). The topological polar surface area (TPSA) is 66.1 Å². The predicted molar refractivity (Wildman–Crippen MR) is 88.5 cm³/mol. The maximum absolute atomic E-state index is 5.93. The van der Waals surface area contributed by atoms with Gasteiger partial charge in [-0.05, 0) is 37.1 Å². The maximum Gasteiger partial charge on any atom is 0.161 e. The van der Waals surface area contributed by atoms with E-state index in [-0.39, 0.29) is 6.04 Å². The zero-order valence-electron chi connectivity index (χ0n) is 13.3. The van der Waals surface area contributed by atoms with Crippen molar-refractivity contribution >= 4 is 16.9 Å². The smallest absolute Gasteiger partial charge is 0.161 e. The van der Waals surface area contributed by atoms with Crippen molar-refractivity contribution in [2.24, 2.45) is 10.7 Å². The van der Waals surface area contributed by atoms with Crippen LogP contribution in [0.3, 0.4) is 0 Å². The molecule has 0 heterocycles. The van der Waals surface area contributed by atoms with Crippen LogP contribution < -0.4 is 15.2 Å². The van der Waals surface area contributed by atoms with Crippen molar-refractivity contribution in [3.63, 3.8) is 0 Å². The Labute approximate surface area is 130 Å². The summed E-state index contributed by atoms with van der Waals surface area (Å²) in [5, 5.41) is 0.564. The molecule has 1 aromatic rings. The average Bonchev–Trinajstić information content (AvgIpc) is 2.45. The van der Waals surface area contributed by atoms with Gasteiger partial charge in [-0.1, -0.05) is 11.8 Å². The minimum Gasteiger partial charge on any atom is -0.493 e. The molecular formula is C15H24N2O3S. The normalized spacial score (nSPS) is 13.1. The highest BCUT2D eigenvalue weighted by Crippen LogP contribution is 2.31. The predicted octanol–water partition coefficient (Wildman–Crippen LogP) is 2.60. The van der Waals surface area contributed by atoms with Crippen LogP contribution in [0.5, 0.6) is 11.5 Å². The van der Waals surface area contributed by atoms with E-state index < -0.39 is 0 Å². The summed E-state index contributed by atoms with van der Waals surface area (Å²) in [7, 11) is 4.92. The van der Waals surface area contributed by atoms with Crippen LogP contribution in [0.25, 0.3) is 0 Å². The van der Waals surface area contributed by atoms with E-state index in [0.717, 1.165) is 28.4 Å². The zero-order chi connectivity index (χ0) is 15.8. The Bertz CT molecular complexity index is 492. The lowest BCUT2D eigenvalue weighted by molar-refractivity contribution is 0.186. The fourth-order valence-corrected chi connectivity index (χ4v) is 2.73. The van der Waals surface area contributed by atoms with Crippen LogP contribution >= 0.6 is 11.8 Å². The summed E-state index contributed by atoms with van der Waals surface area (Å²) in [6.45, 7) is 4.58. The summed E-state index contributed by atoms with van der Waals surface area (Å²) in [5.74, 6) is 2.20. The molecule has 0 unspecified atom stereocenters. The molecule has 0 saturated heterocycles. The second kappa shape index (κ2) is 8.79. The van der Waals surface area contributed by atoms with Gasteiger partial charge < -0.3 is 19.9 Å². The van der Waals surface area contributed by atoms with Gasteiger partial charge in [0.15, 0.2) is 16.7 Å². The Morgan fingerprint density at radius 2 is 1.86 bits per heavy atom.